The van der Waals surface area contributed by atoms with Crippen LogP contribution in [-0.4, -0.2) is 51.4 Å². The van der Waals surface area contributed by atoms with Gasteiger partial charge >= 0.3 is 0 Å². The summed E-state index contributed by atoms with van der Waals surface area (Å²) < 4.78 is 35.5. The number of ether oxygens (including phenoxy) is 1. The maximum atomic E-state index is 14.7. The monoisotopic (exact) mass is 655 g/mol. The molecule has 0 radical (unpaired) electrons. The van der Waals surface area contributed by atoms with Gasteiger partial charge in [0, 0.05) is 19.5 Å². The Morgan fingerprint density at radius 1 is 0.809 bits per heavy atom. The maximum Gasteiger partial charge on any atom is 0.264 e. The number of amides is 2. The molecule has 9 heteroatoms. The average molecular weight is 656 g/mol. The number of rotatable bonds is 15. The van der Waals surface area contributed by atoms with Crippen LogP contribution in [0, 0.1) is 20.8 Å². The molecule has 0 spiro atoms. The molecule has 8 nitrogen and oxygen atoms in total. The van der Waals surface area contributed by atoms with E-state index in [1.54, 1.807) is 24.3 Å². The molecule has 0 aliphatic heterocycles. The number of carbonyl (C=O) groups excluding carboxylic acids is 2. The molecule has 0 aliphatic carbocycles. The van der Waals surface area contributed by atoms with Crippen LogP contribution in [0.3, 0.4) is 0 Å². The van der Waals surface area contributed by atoms with E-state index >= 15 is 0 Å². The van der Waals surface area contributed by atoms with Gasteiger partial charge in [0.2, 0.25) is 11.8 Å². The second-order valence-electron chi connectivity index (χ2n) is 11.9. The SMILES string of the molecule is CCCCNC(=O)C(Cc1ccccc1)N(Cc1cccc(C)c1)C(=O)CN(c1cc(C)ccc1OC)S(=O)(=O)c1ccc(C)cc1. The summed E-state index contributed by atoms with van der Waals surface area (Å²) in [5, 5.41) is 3.02. The highest BCUT2D eigenvalue weighted by atomic mass is 32.2. The highest BCUT2D eigenvalue weighted by molar-refractivity contribution is 7.92. The lowest BCUT2D eigenvalue weighted by Gasteiger charge is -2.34. The molecule has 0 aromatic heterocycles. The van der Waals surface area contributed by atoms with Crippen molar-refractivity contribution in [2.75, 3.05) is 24.5 Å². The number of unbranched alkanes of at least 4 members (excludes halogenated alkanes) is 1. The number of aryl methyl sites for hydroxylation is 3. The number of nitrogens with one attached hydrogen (secondary N) is 1. The summed E-state index contributed by atoms with van der Waals surface area (Å²) in [6.45, 7) is 7.78. The zero-order valence-electron chi connectivity index (χ0n) is 27.9. The van der Waals surface area contributed by atoms with Crippen molar-refractivity contribution in [3.05, 3.63) is 125 Å². The van der Waals surface area contributed by atoms with Gasteiger partial charge in [-0.25, -0.2) is 8.42 Å². The Bertz CT molecular complexity index is 1760. The van der Waals surface area contributed by atoms with Crippen LogP contribution in [0.2, 0.25) is 0 Å². The molecule has 4 aromatic carbocycles. The predicted molar refractivity (Wildman–Crippen MR) is 187 cm³/mol. The van der Waals surface area contributed by atoms with Gasteiger partial charge in [0.05, 0.1) is 17.7 Å². The van der Waals surface area contributed by atoms with Gasteiger partial charge in [-0.2, -0.15) is 0 Å². The summed E-state index contributed by atoms with van der Waals surface area (Å²) in [6, 6.07) is 28.1. The van der Waals surface area contributed by atoms with Crippen LogP contribution in [0.4, 0.5) is 5.69 Å². The second kappa shape index (κ2) is 16.3. The van der Waals surface area contributed by atoms with Crippen LogP contribution in [0.25, 0.3) is 0 Å². The Labute approximate surface area is 279 Å². The van der Waals surface area contributed by atoms with Gasteiger partial charge in [-0.05, 0) is 68.1 Å². The van der Waals surface area contributed by atoms with Gasteiger partial charge in [-0.1, -0.05) is 97.3 Å². The number of carbonyl (C=O) groups is 2. The van der Waals surface area contributed by atoms with E-state index in [0.717, 1.165) is 45.0 Å². The van der Waals surface area contributed by atoms with Gasteiger partial charge in [0.25, 0.3) is 10.0 Å². The zero-order valence-corrected chi connectivity index (χ0v) is 28.7. The molecule has 47 heavy (non-hydrogen) atoms. The molecule has 0 fully saturated rings. The Hall–Kier alpha value is -4.63. The Balaban J connectivity index is 1.84. The van der Waals surface area contributed by atoms with Crippen molar-refractivity contribution in [3.8, 4) is 5.75 Å². The van der Waals surface area contributed by atoms with E-state index in [0.29, 0.717) is 12.3 Å². The molecule has 2 amide bonds. The predicted octanol–water partition coefficient (Wildman–Crippen LogP) is 6.37. The Morgan fingerprint density at radius 2 is 1.47 bits per heavy atom. The van der Waals surface area contributed by atoms with Crippen LogP contribution in [0.1, 0.15) is 47.6 Å². The van der Waals surface area contributed by atoms with E-state index in [1.807, 2.05) is 88.4 Å². The molecule has 0 saturated carbocycles. The van der Waals surface area contributed by atoms with Crippen LogP contribution in [0.15, 0.2) is 102 Å². The first kappa shape index (κ1) is 35.2. The molecule has 0 saturated heterocycles. The fraction of sp³-hybridized carbons (Fsp3) is 0.316. The fourth-order valence-corrected chi connectivity index (χ4v) is 6.83. The number of hydrogen-bond donors (Lipinski definition) is 1. The van der Waals surface area contributed by atoms with Crippen LogP contribution in [0.5, 0.6) is 5.75 Å². The van der Waals surface area contributed by atoms with Crippen LogP contribution in [-0.2, 0) is 32.6 Å². The molecular formula is C38H45N3O5S. The van der Waals surface area contributed by atoms with Crippen LogP contribution >= 0.6 is 0 Å². The molecule has 1 unspecified atom stereocenters. The molecule has 1 N–H and O–H groups in total. The normalized spacial score (nSPS) is 11.9. The second-order valence-corrected chi connectivity index (χ2v) is 13.7. The average Bonchev–Trinajstić information content (AvgIpc) is 3.05. The minimum Gasteiger partial charge on any atom is -0.495 e. The number of methoxy groups -OCH3 is 1. The quantitative estimate of drug-likeness (QED) is 0.150. The van der Waals surface area contributed by atoms with Gasteiger partial charge in [0.15, 0.2) is 0 Å². The highest BCUT2D eigenvalue weighted by Gasteiger charge is 2.35. The zero-order chi connectivity index (χ0) is 34.0. The largest absolute Gasteiger partial charge is 0.495 e. The first-order valence-corrected chi connectivity index (χ1v) is 17.4. The van der Waals surface area contributed by atoms with Gasteiger partial charge in [-0.15, -0.1) is 0 Å². The van der Waals surface area contributed by atoms with E-state index < -0.39 is 28.5 Å². The fourth-order valence-electron chi connectivity index (χ4n) is 5.41. The Kier molecular flexibility index (Phi) is 12.2. The third-order valence-electron chi connectivity index (χ3n) is 8.03. The molecular weight excluding hydrogens is 611 g/mol. The summed E-state index contributed by atoms with van der Waals surface area (Å²) in [5.74, 6) is -0.496. The summed E-state index contributed by atoms with van der Waals surface area (Å²) in [5.41, 5.74) is 4.67. The van der Waals surface area contributed by atoms with Crippen molar-refractivity contribution in [1.82, 2.24) is 10.2 Å². The van der Waals surface area contributed by atoms with Crippen LogP contribution < -0.4 is 14.4 Å². The van der Waals surface area contributed by atoms with E-state index in [1.165, 1.54) is 24.1 Å². The third kappa shape index (κ3) is 9.23. The van der Waals surface area contributed by atoms with E-state index in [9.17, 15) is 18.0 Å². The minimum absolute atomic E-state index is 0.0443. The number of anilines is 1. The van der Waals surface area contributed by atoms with Crippen molar-refractivity contribution in [1.29, 1.82) is 0 Å². The summed E-state index contributed by atoms with van der Waals surface area (Å²) in [4.78, 5) is 30.2. The van der Waals surface area contributed by atoms with Gasteiger partial charge in [0.1, 0.15) is 18.3 Å². The molecule has 0 bridgehead atoms. The lowest BCUT2D eigenvalue weighted by atomic mass is 10.0. The van der Waals surface area contributed by atoms with Crippen molar-refractivity contribution < 1.29 is 22.7 Å². The molecule has 0 heterocycles. The first-order valence-electron chi connectivity index (χ1n) is 15.9. The molecule has 4 aromatic rings. The number of hydrogen-bond acceptors (Lipinski definition) is 5. The summed E-state index contributed by atoms with van der Waals surface area (Å²) >= 11 is 0. The number of nitrogens with zero attached hydrogens (tertiary/aromatic N) is 2. The molecule has 1 atom stereocenters. The van der Waals surface area contributed by atoms with Crippen molar-refractivity contribution in [2.45, 2.75) is 64.4 Å². The highest BCUT2D eigenvalue weighted by Crippen LogP contribution is 2.34. The molecule has 4 rings (SSSR count). The van der Waals surface area contributed by atoms with Gasteiger partial charge < -0.3 is 15.0 Å². The summed E-state index contributed by atoms with van der Waals surface area (Å²) in [6.07, 6.45) is 1.96. The maximum absolute atomic E-state index is 14.7. The van der Waals surface area contributed by atoms with Crippen molar-refractivity contribution in [3.63, 3.8) is 0 Å². The molecule has 0 aliphatic rings. The molecule has 248 valence electrons. The minimum atomic E-state index is -4.25. The lowest BCUT2D eigenvalue weighted by Crippen LogP contribution is -2.53. The summed E-state index contributed by atoms with van der Waals surface area (Å²) in [7, 11) is -2.78. The number of sulfonamides is 1. The Morgan fingerprint density at radius 3 is 2.13 bits per heavy atom. The van der Waals surface area contributed by atoms with E-state index in [-0.39, 0.29) is 29.5 Å². The lowest BCUT2D eigenvalue weighted by molar-refractivity contribution is -0.140. The van der Waals surface area contributed by atoms with Crippen molar-refractivity contribution in [2.24, 2.45) is 0 Å². The van der Waals surface area contributed by atoms with Gasteiger partial charge in [-0.3, -0.25) is 13.9 Å². The first-order chi connectivity index (χ1) is 22.5. The third-order valence-corrected chi connectivity index (χ3v) is 9.80. The smallest absolute Gasteiger partial charge is 0.264 e. The van der Waals surface area contributed by atoms with E-state index in [2.05, 4.69) is 5.32 Å². The standard InChI is InChI=1S/C38H45N3O5S/c1-6-7-22-39-38(43)35(25-31-13-9-8-10-14-31)40(26-32-15-11-12-29(3)23-32)37(42)27-41(34-24-30(4)18-21-36(34)46-5)47(44,45)33-19-16-28(2)17-20-33/h8-21,23-24,35H,6-7,22,25-27H2,1-5H3,(H,39,43). The van der Waals surface area contributed by atoms with Crippen molar-refractivity contribution >= 4 is 27.5 Å². The van der Waals surface area contributed by atoms with E-state index in [4.69, 9.17) is 4.74 Å². The number of benzene rings is 4. The topological polar surface area (TPSA) is 96.0 Å².